The van der Waals surface area contributed by atoms with Crippen LogP contribution < -0.4 is 0 Å². The summed E-state index contributed by atoms with van der Waals surface area (Å²) in [5, 5.41) is 8.80. The fraction of sp³-hybridized carbons (Fsp3) is 0.500. The van der Waals surface area contributed by atoms with Crippen molar-refractivity contribution in [2.45, 2.75) is 32.4 Å². The lowest BCUT2D eigenvalue weighted by molar-refractivity contribution is 0.674. The van der Waals surface area contributed by atoms with E-state index < -0.39 is 9.73 Å². The van der Waals surface area contributed by atoms with Crippen molar-refractivity contribution in [2.24, 2.45) is 4.36 Å². The van der Waals surface area contributed by atoms with E-state index in [4.69, 9.17) is 5.26 Å². The molecule has 98 valence electrons. The Bertz CT molecular complexity index is 537. The van der Waals surface area contributed by atoms with Crippen molar-refractivity contribution in [3.8, 4) is 6.07 Å². The fourth-order valence-corrected chi connectivity index (χ4v) is 3.34. The van der Waals surface area contributed by atoms with Crippen molar-refractivity contribution in [2.75, 3.05) is 12.3 Å². The Morgan fingerprint density at radius 3 is 2.83 bits per heavy atom. The molecule has 1 aromatic rings. The quantitative estimate of drug-likeness (QED) is 0.740. The maximum atomic E-state index is 12.6. The van der Waals surface area contributed by atoms with Gasteiger partial charge in [-0.3, -0.25) is 0 Å². The molecule has 0 amide bonds. The van der Waals surface area contributed by atoms with Crippen LogP contribution in [0.3, 0.4) is 0 Å². The highest BCUT2D eigenvalue weighted by atomic mass is 32.2. The number of nitrogens with zero attached hydrogens (tertiary/aromatic N) is 2. The highest BCUT2D eigenvalue weighted by Gasteiger charge is 2.10. The second kappa shape index (κ2) is 7.17. The van der Waals surface area contributed by atoms with Gasteiger partial charge in [0, 0.05) is 6.54 Å². The first-order chi connectivity index (χ1) is 8.59. The van der Waals surface area contributed by atoms with Crippen LogP contribution in [0.4, 0.5) is 0 Å². The molecule has 1 rings (SSSR count). The zero-order chi connectivity index (χ0) is 13.4. The van der Waals surface area contributed by atoms with Crippen molar-refractivity contribution in [3.63, 3.8) is 0 Å². The minimum Gasteiger partial charge on any atom is -0.248 e. The number of hydrogen-bond acceptors (Lipinski definition) is 3. The molecule has 0 heterocycles. The van der Waals surface area contributed by atoms with E-state index in [1.807, 2.05) is 37.3 Å². The topological polar surface area (TPSA) is 53.2 Å². The van der Waals surface area contributed by atoms with Gasteiger partial charge in [-0.15, -0.1) is 0 Å². The van der Waals surface area contributed by atoms with Gasteiger partial charge in [-0.1, -0.05) is 43.2 Å². The molecule has 0 saturated carbocycles. The molecule has 0 aliphatic rings. The van der Waals surface area contributed by atoms with E-state index in [1.54, 1.807) is 0 Å². The molecule has 1 unspecified atom stereocenters. The maximum Gasteiger partial charge on any atom is 0.119 e. The molecule has 0 radical (unpaired) electrons. The zero-order valence-corrected chi connectivity index (χ0v) is 11.9. The van der Waals surface area contributed by atoms with Crippen LogP contribution in [-0.4, -0.2) is 16.5 Å². The monoisotopic (exact) mass is 264 g/mol. The molecule has 0 aliphatic heterocycles. The van der Waals surface area contributed by atoms with Crippen molar-refractivity contribution in [3.05, 3.63) is 35.4 Å². The van der Waals surface area contributed by atoms with Crippen LogP contribution in [-0.2, 0) is 15.5 Å². The third-order valence-electron chi connectivity index (χ3n) is 2.60. The molecule has 0 aromatic heterocycles. The number of aryl methyl sites for hydroxylation is 1. The molecule has 1 aromatic carbocycles. The van der Waals surface area contributed by atoms with Gasteiger partial charge in [-0.25, -0.2) is 8.57 Å². The number of hydrogen-bond donors (Lipinski definition) is 0. The van der Waals surface area contributed by atoms with Crippen LogP contribution >= 0.6 is 0 Å². The lowest BCUT2D eigenvalue weighted by atomic mass is 10.2. The van der Waals surface area contributed by atoms with Gasteiger partial charge in [0.15, 0.2) is 0 Å². The Kier molecular flexibility index (Phi) is 5.87. The first-order valence-corrected chi connectivity index (χ1v) is 8.06. The lowest BCUT2D eigenvalue weighted by Gasteiger charge is -2.07. The predicted octanol–water partition coefficient (Wildman–Crippen LogP) is 3.29. The molecule has 4 heteroatoms. The Hall–Kier alpha value is -1.34. The molecule has 0 bridgehead atoms. The SMILES string of the molecule is CCCCN=S(=O)(CC#N)Cc1cccc(C)c1. The fourth-order valence-electron chi connectivity index (χ4n) is 1.69. The Balaban J connectivity index is 2.90. The van der Waals surface area contributed by atoms with E-state index >= 15 is 0 Å². The van der Waals surface area contributed by atoms with Crippen molar-refractivity contribution < 1.29 is 4.21 Å². The smallest absolute Gasteiger partial charge is 0.119 e. The molecular weight excluding hydrogens is 244 g/mol. The lowest BCUT2D eigenvalue weighted by Crippen LogP contribution is -2.09. The summed E-state index contributed by atoms with van der Waals surface area (Å²) in [7, 11) is -2.42. The molecule has 0 fully saturated rings. The number of nitriles is 1. The standard InChI is InChI=1S/C14H20N2OS/c1-3-4-9-16-18(17,10-8-15)12-14-7-5-6-13(2)11-14/h5-7,11H,3-4,9-10,12H2,1-2H3. The van der Waals surface area contributed by atoms with Gasteiger partial charge >= 0.3 is 0 Å². The normalized spacial score (nSPS) is 13.6. The van der Waals surface area contributed by atoms with Gasteiger partial charge < -0.3 is 0 Å². The summed E-state index contributed by atoms with van der Waals surface area (Å²) in [6, 6.07) is 9.90. The van der Waals surface area contributed by atoms with Crippen molar-refractivity contribution in [1.29, 1.82) is 5.26 Å². The highest BCUT2D eigenvalue weighted by Crippen LogP contribution is 2.11. The van der Waals surface area contributed by atoms with Crippen LogP contribution in [0.15, 0.2) is 28.6 Å². The number of rotatable bonds is 6. The minimum absolute atomic E-state index is 0.0185. The summed E-state index contributed by atoms with van der Waals surface area (Å²) in [6.07, 6.45) is 1.95. The van der Waals surface area contributed by atoms with Gasteiger partial charge in [-0.05, 0) is 18.9 Å². The van der Waals surface area contributed by atoms with Gasteiger partial charge in [0.1, 0.15) is 5.75 Å². The number of benzene rings is 1. The highest BCUT2D eigenvalue weighted by molar-refractivity contribution is 7.93. The maximum absolute atomic E-state index is 12.6. The van der Waals surface area contributed by atoms with E-state index in [9.17, 15) is 4.21 Å². The van der Waals surface area contributed by atoms with E-state index in [2.05, 4.69) is 11.3 Å². The van der Waals surface area contributed by atoms with Gasteiger partial charge in [0.25, 0.3) is 0 Å². The summed E-state index contributed by atoms with van der Waals surface area (Å²) in [6.45, 7) is 4.66. The van der Waals surface area contributed by atoms with Gasteiger partial charge in [0.2, 0.25) is 0 Å². The molecule has 0 aliphatic carbocycles. The van der Waals surface area contributed by atoms with E-state index in [-0.39, 0.29) is 5.75 Å². The van der Waals surface area contributed by atoms with Crippen molar-refractivity contribution in [1.82, 2.24) is 0 Å². The molecule has 0 saturated heterocycles. The minimum atomic E-state index is -2.42. The van der Waals surface area contributed by atoms with Gasteiger partial charge in [0.05, 0.1) is 21.6 Å². The summed E-state index contributed by atoms with van der Waals surface area (Å²) in [5.74, 6) is 0.399. The van der Waals surface area contributed by atoms with Crippen molar-refractivity contribution >= 4 is 9.73 Å². The molecule has 1 atom stereocenters. The van der Waals surface area contributed by atoms with Crippen LogP contribution in [0.1, 0.15) is 30.9 Å². The average Bonchev–Trinajstić information content (AvgIpc) is 2.29. The second-order valence-electron chi connectivity index (χ2n) is 4.41. The third-order valence-corrected chi connectivity index (χ3v) is 4.62. The molecule has 18 heavy (non-hydrogen) atoms. The molecular formula is C14H20N2OS. The Morgan fingerprint density at radius 1 is 1.44 bits per heavy atom. The number of unbranched alkanes of at least 4 members (excludes halogenated alkanes) is 1. The summed E-state index contributed by atoms with van der Waals surface area (Å²) in [4.78, 5) is 0. The summed E-state index contributed by atoms with van der Waals surface area (Å²) in [5.41, 5.74) is 2.13. The summed E-state index contributed by atoms with van der Waals surface area (Å²) >= 11 is 0. The second-order valence-corrected chi connectivity index (χ2v) is 6.80. The van der Waals surface area contributed by atoms with Crippen LogP contribution in [0.25, 0.3) is 0 Å². The van der Waals surface area contributed by atoms with E-state index in [1.165, 1.54) is 0 Å². The Labute approximate surface area is 110 Å². The first kappa shape index (κ1) is 14.7. The zero-order valence-electron chi connectivity index (χ0n) is 11.1. The average molecular weight is 264 g/mol. The Morgan fingerprint density at radius 2 is 2.22 bits per heavy atom. The van der Waals surface area contributed by atoms with Crippen LogP contribution in [0.2, 0.25) is 0 Å². The van der Waals surface area contributed by atoms with E-state index in [0.29, 0.717) is 12.3 Å². The van der Waals surface area contributed by atoms with Gasteiger partial charge in [-0.2, -0.15) is 5.26 Å². The molecule has 0 spiro atoms. The predicted molar refractivity (Wildman–Crippen MR) is 75.7 cm³/mol. The molecule has 0 N–H and O–H groups in total. The third kappa shape index (κ3) is 4.89. The van der Waals surface area contributed by atoms with Crippen LogP contribution in [0.5, 0.6) is 0 Å². The first-order valence-electron chi connectivity index (χ1n) is 6.20. The largest absolute Gasteiger partial charge is 0.248 e. The van der Waals surface area contributed by atoms with E-state index in [0.717, 1.165) is 24.0 Å². The summed E-state index contributed by atoms with van der Waals surface area (Å²) < 4.78 is 16.8. The molecule has 3 nitrogen and oxygen atoms in total. The van der Waals surface area contributed by atoms with Crippen LogP contribution in [0, 0.1) is 18.3 Å².